The standard InChI is InChI=1S/C15H18N4O3/c20-13(10-5-6-11-12(9-10)18-19-17-11)16-15(14(21)22)7-3-1-2-4-8-15/h5-6,9H,1-4,7-8H2,(H,16,20)(H,21,22)(H,17,18,19). The molecule has 1 aromatic carbocycles. The van der Waals surface area contributed by atoms with E-state index >= 15 is 0 Å². The number of carboxylic acids is 1. The number of benzene rings is 1. The van der Waals surface area contributed by atoms with Crippen LogP contribution in [0.3, 0.4) is 0 Å². The number of fused-ring (bicyclic) bond motifs is 1. The van der Waals surface area contributed by atoms with Crippen molar-refractivity contribution in [2.45, 2.75) is 44.1 Å². The molecule has 1 fully saturated rings. The van der Waals surface area contributed by atoms with E-state index in [0.29, 0.717) is 29.4 Å². The number of hydrogen-bond donors (Lipinski definition) is 3. The number of amides is 1. The van der Waals surface area contributed by atoms with Crippen molar-refractivity contribution >= 4 is 22.9 Å². The number of aromatic nitrogens is 3. The summed E-state index contributed by atoms with van der Waals surface area (Å²) >= 11 is 0. The molecule has 7 nitrogen and oxygen atoms in total. The zero-order valence-corrected chi connectivity index (χ0v) is 12.1. The fourth-order valence-corrected chi connectivity index (χ4v) is 3.00. The minimum absolute atomic E-state index is 0.380. The van der Waals surface area contributed by atoms with Crippen molar-refractivity contribution in [1.82, 2.24) is 20.7 Å². The van der Waals surface area contributed by atoms with Crippen molar-refractivity contribution in [2.24, 2.45) is 0 Å². The summed E-state index contributed by atoms with van der Waals surface area (Å²) in [6, 6.07) is 4.93. The average molecular weight is 302 g/mol. The first-order chi connectivity index (χ1) is 10.6. The van der Waals surface area contributed by atoms with E-state index in [1.165, 1.54) is 0 Å². The first kappa shape index (κ1) is 14.5. The molecule has 0 radical (unpaired) electrons. The molecule has 3 rings (SSSR count). The van der Waals surface area contributed by atoms with Gasteiger partial charge in [0.1, 0.15) is 16.6 Å². The second-order valence-corrected chi connectivity index (χ2v) is 5.78. The molecule has 7 heteroatoms. The highest BCUT2D eigenvalue weighted by atomic mass is 16.4. The van der Waals surface area contributed by atoms with Gasteiger partial charge in [-0.25, -0.2) is 4.79 Å². The van der Waals surface area contributed by atoms with Gasteiger partial charge in [-0.1, -0.05) is 25.7 Å². The molecule has 0 aliphatic heterocycles. The van der Waals surface area contributed by atoms with Gasteiger partial charge in [0.2, 0.25) is 0 Å². The van der Waals surface area contributed by atoms with Gasteiger partial charge in [0, 0.05) is 5.56 Å². The van der Waals surface area contributed by atoms with E-state index in [0.717, 1.165) is 25.7 Å². The Bertz CT molecular complexity index is 702. The maximum absolute atomic E-state index is 12.5. The lowest BCUT2D eigenvalue weighted by molar-refractivity contribution is -0.145. The lowest BCUT2D eigenvalue weighted by Crippen LogP contribution is -2.54. The van der Waals surface area contributed by atoms with Crippen LogP contribution in [0.25, 0.3) is 11.0 Å². The van der Waals surface area contributed by atoms with Gasteiger partial charge in [-0.15, -0.1) is 0 Å². The van der Waals surface area contributed by atoms with Crippen LogP contribution in [0.15, 0.2) is 18.2 Å². The van der Waals surface area contributed by atoms with Gasteiger partial charge in [-0.2, -0.15) is 15.4 Å². The van der Waals surface area contributed by atoms with Crippen LogP contribution in [0.1, 0.15) is 48.9 Å². The molecule has 0 atom stereocenters. The van der Waals surface area contributed by atoms with Crippen molar-refractivity contribution in [1.29, 1.82) is 0 Å². The number of nitrogens with one attached hydrogen (secondary N) is 2. The summed E-state index contributed by atoms with van der Waals surface area (Å²) in [7, 11) is 0. The molecule has 0 unspecified atom stereocenters. The molecule has 1 heterocycles. The highest BCUT2D eigenvalue weighted by Gasteiger charge is 2.40. The first-order valence-corrected chi connectivity index (χ1v) is 7.47. The molecular formula is C15H18N4O3. The maximum Gasteiger partial charge on any atom is 0.329 e. The molecule has 2 aromatic rings. The summed E-state index contributed by atoms with van der Waals surface area (Å²) in [5, 5.41) is 22.7. The van der Waals surface area contributed by atoms with Gasteiger partial charge in [0.05, 0.1) is 0 Å². The number of nitrogens with zero attached hydrogens (tertiary/aromatic N) is 2. The monoisotopic (exact) mass is 302 g/mol. The molecule has 0 bridgehead atoms. The van der Waals surface area contributed by atoms with E-state index in [1.807, 2.05) is 0 Å². The Labute approximate surface area is 127 Å². The lowest BCUT2D eigenvalue weighted by Gasteiger charge is -2.29. The zero-order chi connectivity index (χ0) is 15.6. The third-order valence-corrected chi connectivity index (χ3v) is 4.30. The Morgan fingerprint density at radius 2 is 1.77 bits per heavy atom. The van der Waals surface area contributed by atoms with Gasteiger partial charge in [0.15, 0.2) is 0 Å². The van der Waals surface area contributed by atoms with E-state index in [-0.39, 0.29) is 5.91 Å². The molecule has 22 heavy (non-hydrogen) atoms. The number of carboxylic acid groups (broad SMARTS) is 1. The summed E-state index contributed by atoms with van der Waals surface area (Å²) < 4.78 is 0. The van der Waals surface area contributed by atoms with Crippen molar-refractivity contribution in [3.63, 3.8) is 0 Å². The highest BCUT2D eigenvalue weighted by Crippen LogP contribution is 2.28. The summed E-state index contributed by atoms with van der Waals surface area (Å²) in [4.78, 5) is 24.2. The van der Waals surface area contributed by atoms with Crippen molar-refractivity contribution in [3.8, 4) is 0 Å². The van der Waals surface area contributed by atoms with Crippen LogP contribution in [0.2, 0.25) is 0 Å². The first-order valence-electron chi connectivity index (χ1n) is 7.47. The van der Waals surface area contributed by atoms with Crippen molar-refractivity contribution < 1.29 is 14.7 Å². The van der Waals surface area contributed by atoms with Crippen LogP contribution in [-0.2, 0) is 4.79 Å². The van der Waals surface area contributed by atoms with Crippen LogP contribution < -0.4 is 5.32 Å². The Morgan fingerprint density at radius 1 is 1.09 bits per heavy atom. The second kappa shape index (κ2) is 5.75. The fourth-order valence-electron chi connectivity index (χ4n) is 3.00. The van der Waals surface area contributed by atoms with E-state index < -0.39 is 11.5 Å². The number of aromatic amines is 1. The Kier molecular flexibility index (Phi) is 3.79. The third kappa shape index (κ3) is 2.66. The fraction of sp³-hybridized carbons (Fsp3) is 0.467. The van der Waals surface area contributed by atoms with E-state index in [9.17, 15) is 14.7 Å². The van der Waals surface area contributed by atoms with Gasteiger partial charge in [0.25, 0.3) is 5.91 Å². The summed E-state index contributed by atoms with van der Waals surface area (Å²) in [6.07, 6.45) is 4.59. The van der Waals surface area contributed by atoms with E-state index in [4.69, 9.17) is 0 Å². The largest absolute Gasteiger partial charge is 0.480 e. The third-order valence-electron chi connectivity index (χ3n) is 4.30. The maximum atomic E-state index is 12.5. The molecule has 1 amide bonds. The molecule has 116 valence electrons. The minimum atomic E-state index is -1.16. The topological polar surface area (TPSA) is 108 Å². The Hall–Kier alpha value is -2.44. The number of carbonyl (C=O) groups excluding carboxylic acids is 1. The van der Waals surface area contributed by atoms with Crippen molar-refractivity contribution in [2.75, 3.05) is 0 Å². The smallest absolute Gasteiger partial charge is 0.329 e. The zero-order valence-electron chi connectivity index (χ0n) is 12.1. The minimum Gasteiger partial charge on any atom is -0.480 e. The Balaban J connectivity index is 1.85. The summed E-state index contributed by atoms with van der Waals surface area (Å²) in [5.74, 6) is -1.33. The van der Waals surface area contributed by atoms with Crippen molar-refractivity contribution in [3.05, 3.63) is 23.8 Å². The molecule has 1 aliphatic carbocycles. The highest BCUT2D eigenvalue weighted by molar-refractivity contribution is 6.00. The lowest BCUT2D eigenvalue weighted by atomic mass is 9.90. The van der Waals surface area contributed by atoms with Crippen LogP contribution >= 0.6 is 0 Å². The SMILES string of the molecule is O=C(NC1(C(=O)O)CCCCCC1)c1ccc2n[nH]nc2c1. The van der Waals surface area contributed by atoms with Gasteiger partial charge >= 0.3 is 5.97 Å². The summed E-state index contributed by atoms with van der Waals surface area (Å²) in [6.45, 7) is 0. The molecule has 0 saturated heterocycles. The number of H-pyrrole nitrogens is 1. The predicted molar refractivity (Wildman–Crippen MR) is 79.4 cm³/mol. The molecule has 1 saturated carbocycles. The molecule has 1 aromatic heterocycles. The van der Waals surface area contributed by atoms with Crippen LogP contribution in [-0.4, -0.2) is 37.9 Å². The average Bonchev–Trinajstić information content (AvgIpc) is 2.84. The number of rotatable bonds is 3. The Morgan fingerprint density at radius 3 is 2.45 bits per heavy atom. The number of carbonyl (C=O) groups is 2. The normalized spacial score (nSPS) is 17.8. The molecular weight excluding hydrogens is 284 g/mol. The van der Waals surface area contributed by atoms with Crippen LogP contribution in [0.4, 0.5) is 0 Å². The van der Waals surface area contributed by atoms with Gasteiger partial charge in [-0.05, 0) is 31.0 Å². The van der Waals surface area contributed by atoms with E-state index in [1.54, 1.807) is 18.2 Å². The molecule has 0 spiro atoms. The quantitative estimate of drug-likeness (QED) is 0.750. The number of aliphatic carboxylic acids is 1. The van der Waals surface area contributed by atoms with E-state index in [2.05, 4.69) is 20.7 Å². The second-order valence-electron chi connectivity index (χ2n) is 5.78. The molecule has 1 aliphatic rings. The van der Waals surface area contributed by atoms with Gasteiger partial charge < -0.3 is 10.4 Å². The molecule has 3 N–H and O–H groups in total. The number of hydrogen-bond acceptors (Lipinski definition) is 4. The van der Waals surface area contributed by atoms with Crippen LogP contribution in [0.5, 0.6) is 0 Å². The van der Waals surface area contributed by atoms with Gasteiger partial charge in [-0.3, -0.25) is 4.79 Å². The van der Waals surface area contributed by atoms with Crippen LogP contribution in [0, 0.1) is 0 Å². The predicted octanol–water partition coefficient (Wildman–Crippen LogP) is 1.87. The summed E-state index contributed by atoms with van der Waals surface area (Å²) in [5.41, 5.74) is 0.481.